The van der Waals surface area contributed by atoms with E-state index in [9.17, 15) is 10.1 Å². The molecule has 5 nitrogen and oxygen atoms in total. The van der Waals surface area contributed by atoms with Crippen LogP contribution in [0.1, 0.15) is 36.1 Å². The van der Waals surface area contributed by atoms with E-state index in [1.165, 1.54) is 23.1 Å². The number of allylic oxidation sites excluding steroid dienone is 1. The second-order valence-corrected chi connectivity index (χ2v) is 8.50. The van der Waals surface area contributed by atoms with Crippen molar-refractivity contribution in [3.05, 3.63) is 74.5 Å². The molecule has 0 bridgehead atoms. The molecule has 7 heteroatoms. The van der Waals surface area contributed by atoms with Gasteiger partial charge in [-0.1, -0.05) is 36.4 Å². The van der Waals surface area contributed by atoms with Gasteiger partial charge in [0.1, 0.15) is 0 Å². The molecule has 0 saturated heterocycles. The standard InChI is InChI=1S/C23H21N3O2S2/c1-2-28-23(27)20-19(18-11-8-14-29-18)17(15-25)22(30-13-7-6-12-24)26-21(20)16-9-4-3-5-10-16/h3-5,8-11,14,19,26H,2,6-7,13H2,1H3/t19-/m1/s1. The predicted octanol–water partition coefficient (Wildman–Crippen LogP) is 5.18. The van der Waals surface area contributed by atoms with Crippen LogP contribution in [0.5, 0.6) is 0 Å². The minimum absolute atomic E-state index is 0.253. The first kappa shape index (κ1) is 21.7. The molecule has 2 aromatic rings. The number of nitriles is 2. The molecule has 30 heavy (non-hydrogen) atoms. The maximum atomic E-state index is 13.1. The summed E-state index contributed by atoms with van der Waals surface area (Å²) in [5, 5.41) is 24.9. The highest BCUT2D eigenvalue weighted by molar-refractivity contribution is 8.03. The normalized spacial score (nSPS) is 15.9. The number of thioether (sulfide) groups is 1. The van der Waals surface area contributed by atoms with Crippen LogP contribution in [0.3, 0.4) is 0 Å². The Kier molecular flexibility index (Phi) is 7.73. The quantitative estimate of drug-likeness (QED) is 0.454. The summed E-state index contributed by atoms with van der Waals surface area (Å²) >= 11 is 3.02. The molecule has 0 spiro atoms. The molecule has 1 aromatic carbocycles. The highest BCUT2D eigenvalue weighted by Gasteiger charge is 2.37. The molecule has 1 aromatic heterocycles. The number of hydrogen-bond acceptors (Lipinski definition) is 7. The molecule has 1 aliphatic rings. The summed E-state index contributed by atoms with van der Waals surface area (Å²) in [5.74, 6) is -0.220. The molecule has 2 heterocycles. The van der Waals surface area contributed by atoms with Gasteiger partial charge in [0, 0.05) is 17.1 Å². The van der Waals surface area contributed by atoms with E-state index in [2.05, 4.69) is 17.5 Å². The van der Waals surface area contributed by atoms with Gasteiger partial charge in [0.05, 0.1) is 46.5 Å². The lowest BCUT2D eigenvalue weighted by Gasteiger charge is -2.30. The van der Waals surface area contributed by atoms with Gasteiger partial charge >= 0.3 is 5.97 Å². The van der Waals surface area contributed by atoms with Gasteiger partial charge in [-0.05, 0) is 30.4 Å². The Hall–Kier alpha value is -3.00. The lowest BCUT2D eigenvalue weighted by molar-refractivity contribution is -0.138. The summed E-state index contributed by atoms with van der Waals surface area (Å²) < 4.78 is 5.40. The lowest BCUT2D eigenvalue weighted by Crippen LogP contribution is -2.29. The number of benzene rings is 1. The van der Waals surface area contributed by atoms with Crippen LogP contribution in [-0.2, 0) is 9.53 Å². The molecular weight excluding hydrogens is 414 g/mol. The Morgan fingerprint density at radius 1 is 1.23 bits per heavy atom. The summed E-state index contributed by atoms with van der Waals surface area (Å²) in [6.07, 6.45) is 1.19. The van der Waals surface area contributed by atoms with Gasteiger partial charge in [0.2, 0.25) is 0 Å². The van der Waals surface area contributed by atoms with Crippen molar-refractivity contribution >= 4 is 34.8 Å². The maximum Gasteiger partial charge on any atom is 0.337 e. The van der Waals surface area contributed by atoms with Crippen LogP contribution in [-0.4, -0.2) is 18.3 Å². The zero-order chi connectivity index (χ0) is 21.3. The Balaban J connectivity index is 2.15. The van der Waals surface area contributed by atoms with Crippen LogP contribution in [0.4, 0.5) is 0 Å². The van der Waals surface area contributed by atoms with Crippen molar-refractivity contribution < 1.29 is 9.53 Å². The van der Waals surface area contributed by atoms with Crippen LogP contribution >= 0.6 is 23.1 Å². The fourth-order valence-electron chi connectivity index (χ4n) is 3.22. The van der Waals surface area contributed by atoms with Crippen LogP contribution in [0, 0.1) is 22.7 Å². The molecule has 0 amide bonds. The maximum absolute atomic E-state index is 13.1. The predicted molar refractivity (Wildman–Crippen MR) is 120 cm³/mol. The van der Waals surface area contributed by atoms with Crippen molar-refractivity contribution in [2.75, 3.05) is 12.4 Å². The van der Waals surface area contributed by atoms with Gasteiger partial charge in [-0.2, -0.15) is 10.5 Å². The van der Waals surface area contributed by atoms with Crippen LogP contribution in [0.15, 0.2) is 64.0 Å². The number of thiophene rings is 1. The molecule has 152 valence electrons. The fraction of sp³-hybridized carbons (Fsp3) is 0.261. The monoisotopic (exact) mass is 435 g/mol. The highest BCUT2D eigenvalue weighted by Crippen LogP contribution is 2.44. The van der Waals surface area contributed by atoms with E-state index >= 15 is 0 Å². The number of nitrogens with one attached hydrogen (secondary N) is 1. The van der Waals surface area contributed by atoms with Crippen LogP contribution in [0.2, 0.25) is 0 Å². The number of carbonyl (C=O) groups excluding carboxylic acids is 1. The van der Waals surface area contributed by atoms with Crippen LogP contribution < -0.4 is 5.32 Å². The number of unbranched alkanes of at least 4 members (excludes halogenated alkanes) is 1. The second kappa shape index (κ2) is 10.7. The molecule has 0 aliphatic carbocycles. The lowest BCUT2D eigenvalue weighted by atomic mass is 9.85. The number of rotatable bonds is 8. The Morgan fingerprint density at radius 2 is 2.03 bits per heavy atom. The summed E-state index contributed by atoms with van der Waals surface area (Å²) in [6, 6.07) is 17.9. The zero-order valence-electron chi connectivity index (χ0n) is 16.6. The van der Waals surface area contributed by atoms with Crippen molar-refractivity contribution in [3.8, 4) is 12.1 Å². The molecule has 0 radical (unpaired) electrons. The van der Waals surface area contributed by atoms with E-state index in [-0.39, 0.29) is 6.61 Å². The average Bonchev–Trinajstić information content (AvgIpc) is 3.31. The summed E-state index contributed by atoms with van der Waals surface area (Å²) in [4.78, 5) is 14.0. The first-order valence-corrected chi connectivity index (χ1v) is 11.5. The SMILES string of the molecule is CCOC(=O)C1=C(c2ccccc2)NC(SCCCC#N)=C(C#N)[C@@H]1c1cccs1. The fourth-order valence-corrected chi connectivity index (χ4v) is 5.05. The largest absolute Gasteiger partial charge is 0.463 e. The number of dihydropyridines is 1. The zero-order valence-corrected chi connectivity index (χ0v) is 18.2. The third-order valence-corrected chi connectivity index (χ3v) is 6.56. The average molecular weight is 436 g/mol. The molecule has 3 rings (SSSR count). The molecular formula is C23H21N3O2S2. The third-order valence-electron chi connectivity index (χ3n) is 4.52. The number of esters is 1. The van der Waals surface area contributed by atoms with Gasteiger partial charge in [0.15, 0.2) is 0 Å². The van der Waals surface area contributed by atoms with Crippen molar-refractivity contribution in [1.82, 2.24) is 5.32 Å². The number of nitrogens with zero attached hydrogens (tertiary/aromatic N) is 2. The van der Waals surface area contributed by atoms with Gasteiger partial charge in [0.25, 0.3) is 0 Å². The molecule has 1 aliphatic heterocycles. The van der Waals surface area contributed by atoms with Gasteiger partial charge in [-0.25, -0.2) is 4.79 Å². The van der Waals surface area contributed by atoms with Gasteiger partial charge in [-0.15, -0.1) is 23.1 Å². The molecule has 0 fully saturated rings. The number of carbonyl (C=O) groups is 1. The Labute approximate surface area is 184 Å². The van der Waals surface area contributed by atoms with Crippen LogP contribution in [0.25, 0.3) is 5.70 Å². The topological polar surface area (TPSA) is 85.9 Å². The first-order chi connectivity index (χ1) is 14.7. The first-order valence-electron chi connectivity index (χ1n) is 9.62. The number of hydrogen-bond donors (Lipinski definition) is 1. The smallest absolute Gasteiger partial charge is 0.337 e. The Bertz CT molecular complexity index is 1030. The summed E-state index contributed by atoms with van der Waals surface area (Å²) in [7, 11) is 0. The number of ether oxygens (including phenoxy) is 1. The van der Waals surface area contributed by atoms with Gasteiger partial charge in [-0.3, -0.25) is 0 Å². The minimum atomic E-state index is -0.496. The van der Waals surface area contributed by atoms with Crippen molar-refractivity contribution in [2.24, 2.45) is 0 Å². The van der Waals surface area contributed by atoms with E-state index in [0.29, 0.717) is 29.0 Å². The molecule has 1 atom stereocenters. The molecule has 0 saturated carbocycles. The molecule has 1 N–H and O–H groups in total. The van der Waals surface area contributed by atoms with Crippen molar-refractivity contribution in [2.45, 2.75) is 25.7 Å². The van der Waals surface area contributed by atoms with Crippen molar-refractivity contribution in [1.29, 1.82) is 10.5 Å². The van der Waals surface area contributed by atoms with E-state index in [1.807, 2.05) is 47.8 Å². The van der Waals surface area contributed by atoms with E-state index in [0.717, 1.165) is 21.9 Å². The van der Waals surface area contributed by atoms with Gasteiger partial charge < -0.3 is 10.1 Å². The van der Waals surface area contributed by atoms with Crippen molar-refractivity contribution in [3.63, 3.8) is 0 Å². The minimum Gasteiger partial charge on any atom is -0.463 e. The second-order valence-electron chi connectivity index (χ2n) is 6.41. The summed E-state index contributed by atoms with van der Waals surface area (Å²) in [6.45, 7) is 2.03. The third kappa shape index (κ3) is 4.76. The van der Waals surface area contributed by atoms with E-state index < -0.39 is 11.9 Å². The summed E-state index contributed by atoms with van der Waals surface area (Å²) in [5.41, 5.74) is 2.47. The Morgan fingerprint density at radius 3 is 2.67 bits per heavy atom. The highest BCUT2D eigenvalue weighted by atomic mass is 32.2. The molecule has 0 unspecified atom stereocenters. The van der Waals surface area contributed by atoms with E-state index in [4.69, 9.17) is 10.00 Å². The van der Waals surface area contributed by atoms with E-state index in [1.54, 1.807) is 6.92 Å².